The number of aliphatic imine (C=N–C) groups is 1. The topological polar surface area (TPSA) is 34.1 Å². The Morgan fingerprint density at radius 2 is 1.85 bits per heavy atom. The molecule has 1 heterocycles. The molecule has 0 amide bonds. The summed E-state index contributed by atoms with van der Waals surface area (Å²) in [5, 5.41) is 0.319. The predicted octanol–water partition coefficient (Wildman–Crippen LogP) is 5.74. The van der Waals surface area contributed by atoms with Crippen molar-refractivity contribution >= 4 is 23.0 Å². The molecule has 0 aromatic heterocycles. The standard InChI is InChI=1S/C19H16ClF3N2O2/c1-12-5-3-4-6-15(12)27-16-10-14(17(26-2)9-13(16)20)25-8-7-18(24-11-25)19(21,22)23/h3-10H,11H2,1-2H3. The summed E-state index contributed by atoms with van der Waals surface area (Å²) in [7, 11) is 1.45. The molecule has 1 aliphatic rings. The summed E-state index contributed by atoms with van der Waals surface area (Å²) in [5.41, 5.74) is 0.484. The lowest BCUT2D eigenvalue weighted by atomic mass is 10.2. The third-order valence-electron chi connectivity index (χ3n) is 3.95. The maximum Gasteiger partial charge on any atom is 0.433 e. The normalized spacial score (nSPS) is 14.1. The second-order valence-corrected chi connectivity index (χ2v) is 6.20. The Hall–Kier alpha value is -2.67. The molecule has 8 heteroatoms. The summed E-state index contributed by atoms with van der Waals surface area (Å²) in [4.78, 5) is 5.11. The van der Waals surface area contributed by atoms with E-state index in [1.807, 2.05) is 25.1 Å². The molecule has 0 saturated heterocycles. The van der Waals surface area contributed by atoms with E-state index < -0.39 is 11.9 Å². The van der Waals surface area contributed by atoms with Gasteiger partial charge in [-0.3, -0.25) is 4.99 Å². The van der Waals surface area contributed by atoms with Crippen LogP contribution >= 0.6 is 11.6 Å². The number of alkyl halides is 3. The van der Waals surface area contributed by atoms with Gasteiger partial charge in [0, 0.05) is 18.3 Å². The molecule has 2 aromatic carbocycles. The molecule has 0 atom stereocenters. The Morgan fingerprint density at radius 1 is 1.11 bits per heavy atom. The highest BCUT2D eigenvalue weighted by molar-refractivity contribution is 6.32. The van der Waals surface area contributed by atoms with Gasteiger partial charge in [-0.1, -0.05) is 29.8 Å². The summed E-state index contributed by atoms with van der Waals surface area (Å²) < 4.78 is 49.5. The van der Waals surface area contributed by atoms with Crippen LogP contribution in [0.2, 0.25) is 5.02 Å². The summed E-state index contributed by atoms with van der Waals surface area (Å²) in [6, 6.07) is 10.6. The monoisotopic (exact) mass is 396 g/mol. The van der Waals surface area contributed by atoms with Crippen LogP contribution in [-0.4, -0.2) is 25.7 Å². The number of methoxy groups -OCH3 is 1. The summed E-state index contributed by atoms with van der Waals surface area (Å²) in [5.74, 6) is 1.38. The van der Waals surface area contributed by atoms with Crippen molar-refractivity contribution in [1.82, 2.24) is 0 Å². The molecule has 0 radical (unpaired) electrons. The van der Waals surface area contributed by atoms with E-state index in [0.717, 1.165) is 11.6 Å². The molecule has 0 fully saturated rings. The van der Waals surface area contributed by atoms with Crippen molar-refractivity contribution in [3.8, 4) is 17.2 Å². The average Bonchev–Trinajstić information content (AvgIpc) is 2.64. The maximum atomic E-state index is 12.8. The van der Waals surface area contributed by atoms with Gasteiger partial charge in [-0.15, -0.1) is 0 Å². The number of allylic oxidation sites excluding steroid dienone is 1. The van der Waals surface area contributed by atoms with E-state index in [0.29, 0.717) is 28.0 Å². The van der Waals surface area contributed by atoms with Crippen molar-refractivity contribution in [2.75, 3.05) is 18.7 Å². The smallest absolute Gasteiger partial charge is 0.433 e. The van der Waals surface area contributed by atoms with Gasteiger partial charge in [-0.2, -0.15) is 13.2 Å². The van der Waals surface area contributed by atoms with E-state index >= 15 is 0 Å². The molecule has 0 spiro atoms. The number of hydrogen-bond donors (Lipinski definition) is 0. The van der Waals surface area contributed by atoms with E-state index in [1.54, 1.807) is 18.2 Å². The zero-order valence-corrected chi connectivity index (χ0v) is 15.3. The Balaban J connectivity index is 1.93. The molecule has 0 bridgehead atoms. The van der Waals surface area contributed by atoms with Crippen LogP contribution in [-0.2, 0) is 0 Å². The third kappa shape index (κ3) is 4.19. The molecule has 0 saturated carbocycles. The summed E-state index contributed by atoms with van der Waals surface area (Å²) >= 11 is 6.29. The number of rotatable bonds is 4. The Labute approximate surface area is 159 Å². The summed E-state index contributed by atoms with van der Waals surface area (Å²) in [6.07, 6.45) is -2.26. The van der Waals surface area contributed by atoms with Crippen LogP contribution in [0.4, 0.5) is 18.9 Å². The lowest BCUT2D eigenvalue weighted by Crippen LogP contribution is -2.29. The first-order valence-electron chi connectivity index (χ1n) is 7.97. The van der Waals surface area contributed by atoms with Gasteiger partial charge in [0.25, 0.3) is 0 Å². The molecular formula is C19H16ClF3N2O2. The van der Waals surface area contributed by atoms with Gasteiger partial charge in [0.15, 0.2) is 0 Å². The van der Waals surface area contributed by atoms with Crippen molar-refractivity contribution < 1.29 is 22.6 Å². The molecule has 0 aliphatic carbocycles. The van der Waals surface area contributed by atoms with E-state index in [9.17, 15) is 13.2 Å². The van der Waals surface area contributed by atoms with Crippen LogP contribution in [0.25, 0.3) is 0 Å². The number of benzene rings is 2. The number of aryl methyl sites for hydroxylation is 1. The lowest BCUT2D eigenvalue weighted by molar-refractivity contribution is -0.0579. The number of ether oxygens (including phenoxy) is 2. The first kappa shape index (κ1) is 19.1. The molecule has 0 unspecified atom stereocenters. The second kappa shape index (κ2) is 7.52. The lowest BCUT2D eigenvalue weighted by Gasteiger charge is -2.25. The second-order valence-electron chi connectivity index (χ2n) is 5.79. The van der Waals surface area contributed by atoms with Crippen molar-refractivity contribution in [2.24, 2.45) is 4.99 Å². The quantitative estimate of drug-likeness (QED) is 0.660. The first-order chi connectivity index (χ1) is 12.8. The Bertz CT molecular complexity index is 910. The third-order valence-corrected chi connectivity index (χ3v) is 4.25. The van der Waals surface area contributed by atoms with Crippen LogP contribution in [0.1, 0.15) is 5.56 Å². The molecular weight excluding hydrogens is 381 g/mol. The van der Waals surface area contributed by atoms with Crippen molar-refractivity contribution in [1.29, 1.82) is 0 Å². The fraction of sp³-hybridized carbons (Fsp3) is 0.211. The first-order valence-corrected chi connectivity index (χ1v) is 8.35. The predicted molar refractivity (Wildman–Crippen MR) is 99.2 cm³/mol. The largest absolute Gasteiger partial charge is 0.495 e. The van der Waals surface area contributed by atoms with E-state index in [1.165, 1.54) is 18.2 Å². The molecule has 1 aliphatic heterocycles. The Kier molecular flexibility index (Phi) is 5.32. The average molecular weight is 397 g/mol. The Morgan fingerprint density at radius 3 is 2.44 bits per heavy atom. The zero-order chi connectivity index (χ0) is 19.6. The maximum absolute atomic E-state index is 12.8. The highest BCUT2D eigenvalue weighted by Gasteiger charge is 2.35. The highest BCUT2D eigenvalue weighted by Crippen LogP contribution is 2.41. The van der Waals surface area contributed by atoms with Gasteiger partial charge in [0.2, 0.25) is 0 Å². The molecule has 27 heavy (non-hydrogen) atoms. The van der Waals surface area contributed by atoms with E-state index in [-0.39, 0.29) is 6.67 Å². The van der Waals surface area contributed by atoms with Gasteiger partial charge >= 0.3 is 6.18 Å². The number of halogens is 4. The van der Waals surface area contributed by atoms with E-state index in [4.69, 9.17) is 21.1 Å². The minimum Gasteiger partial charge on any atom is -0.495 e. The molecule has 2 aromatic rings. The number of para-hydroxylation sites is 1. The molecule has 4 nitrogen and oxygen atoms in total. The SMILES string of the molecule is COc1cc(Cl)c(Oc2ccccc2C)cc1N1C=CC(C(F)(F)F)=NC1. The number of anilines is 1. The van der Waals surface area contributed by atoms with Crippen LogP contribution in [0.15, 0.2) is 53.7 Å². The number of nitrogens with zero attached hydrogens (tertiary/aromatic N) is 2. The molecule has 142 valence electrons. The van der Waals surface area contributed by atoms with Crippen LogP contribution < -0.4 is 14.4 Å². The van der Waals surface area contributed by atoms with Gasteiger partial charge in [0.1, 0.15) is 29.6 Å². The van der Waals surface area contributed by atoms with Crippen LogP contribution in [0.5, 0.6) is 17.2 Å². The van der Waals surface area contributed by atoms with Crippen molar-refractivity contribution in [3.63, 3.8) is 0 Å². The van der Waals surface area contributed by atoms with Gasteiger partial charge in [0.05, 0.1) is 17.8 Å². The number of hydrogen-bond acceptors (Lipinski definition) is 4. The minimum absolute atomic E-state index is 0.201. The van der Waals surface area contributed by atoms with Gasteiger partial charge < -0.3 is 14.4 Å². The van der Waals surface area contributed by atoms with Gasteiger partial charge in [-0.25, -0.2) is 0 Å². The van der Waals surface area contributed by atoms with Gasteiger partial charge in [-0.05, 0) is 24.6 Å². The zero-order valence-electron chi connectivity index (χ0n) is 14.5. The van der Waals surface area contributed by atoms with Crippen LogP contribution in [0.3, 0.4) is 0 Å². The minimum atomic E-state index is -4.48. The molecule has 0 N–H and O–H groups in total. The summed E-state index contributed by atoms with van der Waals surface area (Å²) in [6.45, 7) is 1.70. The van der Waals surface area contributed by atoms with Crippen molar-refractivity contribution in [3.05, 3.63) is 59.3 Å². The van der Waals surface area contributed by atoms with E-state index in [2.05, 4.69) is 4.99 Å². The fourth-order valence-electron chi connectivity index (χ4n) is 2.53. The fourth-order valence-corrected chi connectivity index (χ4v) is 2.73. The highest BCUT2D eigenvalue weighted by atomic mass is 35.5. The van der Waals surface area contributed by atoms with Crippen molar-refractivity contribution in [2.45, 2.75) is 13.1 Å². The molecule has 3 rings (SSSR count). The van der Waals surface area contributed by atoms with Crippen LogP contribution in [0, 0.1) is 6.92 Å².